The first-order valence-corrected chi connectivity index (χ1v) is 13.3. The second-order valence-corrected chi connectivity index (χ2v) is 10.4. The maximum Gasteiger partial charge on any atom is 0.326 e. The number of para-hydroxylation sites is 1. The number of nitrogens with two attached hydrogens (primary N) is 1. The van der Waals surface area contributed by atoms with Crippen LogP contribution in [0.25, 0.3) is 10.9 Å². The number of rotatable bonds is 14. The molecule has 0 saturated carbocycles. The molecule has 3 rings (SSSR count). The van der Waals surface area contributed by atoms with Gasteiger partial charge < -0.3 is 42.0 Å². The van der Waals surface area contributed by atoms with Crippen molar-refractivity contribution in [3.8, 4) is 5.75 Å². The molecule has 12 nitrogen and oxygen atoms in total. The summed E-state index contributed by atoms with van der Waals surface area (Å²) in [6, 6.07) is 8.59. The van der Waals surface area contributed by atoms with Gasteiger partial charge in [-0.05, 0) is 41.7 Å². The van der Waals surface area contributed by atoms with Crippen molar-refractivity contribution in [3.05, 3.63) is 65.9 Å². The summed E-state index contributed by atoms with van der Waals surface area (Å²) in [5, 5.41) is 37.2. The van der Waals surface area contributed by atoms with Crippen molar-refractivity contribution in [1.82, 2.24) is 20.9 Å². The minimum atomic E-state index is -1.28. The second-order valence-electron chi connectivity index (χ2n) is 10.4. The summed E-state index contributed by atoms with van der Waals surface area (Å²) >= 11 is 0. The van der Waals surface area contributed by atoms with Gasteiger partial charge >= 0.3 is 5.97 Å². The summed E-state index contributed by atoms with van der Waals surface area (Å²) < 4.78 is 0. The van der Waals surface area contributed by atoms with Crippen LogP contribution in [-0.2, 0) is 32.0 Å². The van der Waals surface area contributed by atoms with E-state index >= 15 is 0 Å². The van der Waals surface area contributed by atoms with Crippen molar-refractivity contribution < 1.29 is 34.5 Å². The molecule has 0 aliphatic carbocycles. The molecule has 3 aromatic rings. The molecular formula is C29H37N5O7. The highest BCUT2D eigenvalue weighted by molar-refractivity contribution is 5.95. The zero-order chi connectivity index (χ0) is 30.1. The van der Waals surface area contributed by atoms with Gasteiger partial charge in [0.05, 0.1) is 6.61 Å². The van der Waals surface area contributed by atoms with Crippen molar-refractivity contribution in [3.63, 3.8) is 0 Å². The molecule has 1 heterocycles. The minimum absolute atomic E-state index is 0.0114. The molecule has 0 radical (unpaired) electrons. The van der Waals surface area contributed by atoms with Crippen LogP contribution in [0.5, 0.6) is 5.75 Å². The number of hydrogen-bond donors (Lipinski definition) is 8. The molecule has 12 heteroatoms. The van der Waals surface area contributed by atoms with Crippen LogP contribution in [0, 0.1) is 5.92 Å². The first-order chi connectivity index (χ1) is 19.5. The Bertz CT molecular complexity index is 1360. The van der Waals surface area contributed by atoms with E-state index in [0.717, 1.165) is 16.5 Å². The van der Waals surface area contributed by atoms with Crippen molar-refractivity contribution >= 4 is 34.6 Å². The number of phenols is 1. The van der Waals surface area contributed by atoms with E-state index in [1.807, 2.05) is 38.1 Å². The molecular weight excluding hydrogens is 530 g/mol. The minimum Gasteiger partial charge on any atom is -0.508 e. The van der Waals surface area contributed by atoms with Gasteiger partial charge in [-0.2, -0.15) is 0 Å². The number of benzene rings is 2. The Kier molecular flexibility index (Phi) is 10.8. The molecule has 0 spiro atoms. The SMILES string of the molecule is CC(C)CC(NC(=O)C(Cc1c[nH]c2ccccc12)NC(=O)C(Cc1ccc(O)cc1)NC(=O)C(N)CO)C(=O)O. The van der Waals surface area contributed by atoms with Crippen LogP contribution >= 0.6 is 0 Å². The molecule has 1 aromatic heterocycles. The lowest BCUT2D eigenvalue weighted by molar-refractivity contribution is -0.142. The highest BCUT2D eigenvalue weighted by Crippen LogP contribution is 2.20. The number of aromatic nitrogens is 1. The number of carbonyl (C=O) groups is 4. The number of fused-ring (bicyclic) bond motifs is 1. The van der Waals surface area contributed by atoms with E-state index in [1.54, 1.807) is 18.3 Å². The number of H-pyrrole nitrogens is 1. The van der Waals surface area contributed by atoms with Gasteiger partial charge in [-0.15, -0.1) is 0 Å². The average molecular weight is 568 g/mol. The Morgan fingerprint density at radius 1 is 0.854 bits per heavy atom. The number of nitrogens with one attached hydrogen (secondary N) is 4. The number of carboxylic acid groups (broad SMARTS) is 1. The standard InChI is InChI=1S/C29H37N5O7/c1-16(2)11-25(29(40)41)34-28(39)24(13-18-14-31-22-6-4-3-5-20(18)22)33-27(38)23(32-26(37)21(30)15-35)12-17-7-9-19(36)10-8-17/h3-10,14,16,21,23-25,31,35-36H,11-13,15,30H2,1-2H3,(H,32,37)(H,33,38)(H,34,39)(H,40,41). The van der Waals surface area contributed by atoms with Gasteiger partial charge in [0, 0.05) is 29.9 Å². The van der Waals surface area contributed by atoms with Crippen LogP contribution in [0.1, 0.15) is 31.4 Å². The zero-order valence-electron chi connectivity index (χ0n) is 23.0. The fourth-order valence-electron chi connectivity index (χ4n) is 4.41. The maximum atomic E-state index is 13.6. The first-order valence-electron chi connectivity index (χ1n) is 13.3. The molecule has 220 valence electrons. The molecule has 41 heavy (non-hydrogen) atoms. The van der Waals surface area contributed by atoms with E-state index in [0.29, 0.717) is 5.56 Å². The van der Waals surface area contributed by atoms with Gasteiger partial charge in [0.25, 0.3) is 0 Å². The van der Waals surface area contributed by atoms with E-state index in [4.69, 9.17) is 5.73 Å². The van der Waals surface area contributed by atoms with Gasteiger partial charge in [-0.1, -0.05) is 44.2 Å². The number of carboxylic acids is 1. The molecule has 2 aromatic carbocycles. The lowest BCUT2D eigenvalue weighted by atomic mass is 10.00. The van der Waals surface area contributed by atoms with Crippen LogP contribution < -0.4 is 21.7 Å². The monoisotopic (exact) mass is 567 g/mol. The molecule has 0 aliphatic rings. The number of aromatic amines is 1. The third kappa shape index (κ3) is 8.78. The molecule has 4 atom stereocenters. The maximum absolute atomic E-state index is 13.6. The van der Waals surface area contributed by atoms with Crippen LogP contribution in [0.2, 0.25) is 0 Å². The van der Waals surface area contributed by atoms with Crippen molar-refractivity contribution in [2.75, 3.05) is 6.61 Å². The lowest BCUT2D eigenvalue weighted by Crippen LogP contribution is -2.58. The fourth-order valence-corrected chi connectivity index (χ4v) is 4.41. The van der Waals surface area contributed by atoms with E-state index in [1.165, 1.54) is 12.1 Å². The first kappa shape index (κ1) is 31.1. The van der Waals surface area contributed by atoms with Gasteiger partial charge in [-0.25, -0.2) is 4.79 Å². The van der Waals surface area contributed by atoms with Gasteiger partial charge in [0.1, 0.15) is 29.9 Å². The number of carbonyl (C=O) groups excluding carboxylic acids is 3. The second kappa shape index (κ2) is 14.3. The highest BCUT2D eigenvalue weighted by Gasteiger charge is 2.31. The van der Waals surface area contributed by atoms with Crippen LogP contribution in [0.15, 0.2) is 54.7 Å². The summed E-state index contributed by atoms with van der Waals surface area (Å²) in [6.45, 7) is 3.03. The summed E-state index contributed by atoms with van der Waals surface area (Å²) in [5.74, 6) is -3.37. The molecule has 0 bridgehead atoms. The normalized spacial score (nSPS) is 14.2. The molecule has 4 unspecified atom stereocenters. The number of amides is 3. The third-order valence-electron chi connectivity index (χ3n) is 6.60. The van der Waals surface area contributed by atoms with Crippen molar-refractivity contribution in [2.45, 2.75) is 57.3 Å². The van der Waals surface area contributed by atoms with Crippen molar-refractivity contribution in [1.29, 1.82) is 0 Å². The molecule has 0 aliphatic heterocycles. The molecule has 3 amide bonds. The van der Waals surface area contributed by atoms with Crippen LogP contribution in [0.4, 0.5) is 0 Å². The van der Waals surface area contributed by atoms with Gasteiger partial charge in [-0.3, -0.25) is 14.4 Å². The van der Waals surface area contributed by atoms with Gasteiger partial charge in [0.2, 0.25) is 17.7 Å². The predicted molar refractivity (Wildman–Crippen MR) is 152 cm³/mol. The third-order valence-corrected chi connectivity index (χ3v) is 6.60. The van der Waals surface area contributed by atoms with E-state index in [-0.39, 0.29) is 30.9 Å². The largest absolute Gasteiger partial charge is 0.508 e. The fraction of sp³-hybridized carbons (Fsp3) is 0.379. The quantitative estimate of drug-likeness (QED) is 0.138. The lowest BCUT2D eigenvalue weighted by Gasteiger charge is -2.25. The van der Waals surface area contributed by atoms with E-state index in [9.17, 15) is 34.5 Å². The Labute approximate surface area is 237 Å². The Morgan fingerprint density at radius 2 is 1.44 bits per heavy atom. The number of hydrogen-bond acceptors (Lipinski definition) is 7. The highest BCUT2D eigenvalue weighted by atomic mass is 16.4. The van der Waals surface area contributed by atoms with E-state index < -0.39 is 54.5 Å². The zero-order valence-corrected chi connectivity index (χ0v) is 23.0. The van der Waals surface area contributed by atoms with Gasteiger partial charge in [0.15, 0.2) is 0 Å². The topological polar surface area (TPSA) is 207 Å². The summed E-state index contributed by atoms with van der Waals surface area (Å²) in [7, 11) is 0. The number of aromatic hydroxyl groups is 1. The van der Waals surface area contributed by atoms with Crippen LogP contribution in [0.3, 0.4) is 0 Å². The summed E-state index contributed by atoms with van der Waals surface area (Å²) in [5.41, 5.74) is 7.79. The number of aliphatic hydroxyl groups is 1. The Balaban J connectivity index is 1.90. The summed E-state index contributed by atoms with van der Waals surface area (Å²) in [4.78, 5) is 54.5. The molecule has 0 fully saturated rings. The Hall–Kier alpha value is -4.42. The number of aliphatic hydroxyl groups excluding tert-OH is 1. The van der Waals surface area contributed by atoms with E-state index in [2.05, 4.69) is 20.9 Å². The Morgan fingerprint density at radius 3 is 2.05 bits per heavy atom. The number of aliphatic carboxylic acids is 1. The average Bonchev–Trinajstić information content (AvgIpc) is 3.34. The predicted octanol–water partition coefficient (Wildman–Crippen LogP) is 0.563. The van der Waals surface area contributed by atoms with Crippen molar-refractivity contribution in [2.24, 2.45) is 11.7 Å². The summed E-state index contributed by atoms with van der Waals surface area (Å²) in [6.07, 6.45) is 1.93. The van der Waals surface area contributed by atoms with Crippen LogP contribution in [-0.4, -0.2) is 74.8 Å². The number of phenolic OH excluding ortho intramolecular Hbond substituents is 1. The molecule has 9 N–H and O–H groups in total. The molecule has 0 saturated heterocycles. The smallest absolute Gasteiger partial charge is 0.326 e.